The van der Waals surface area contributed by atoms with E-state index in [2.05, 4.69) is 6.07 Å². The van der Waals surface area contributed by atoms with E-state index in [4.69, 9.17) is 0 Å². The zero-order valence-corrected chi connectivity index (χ0v) is 13.4. The lowest BCUT2D eigenvalue weighted by Crippen LogP contribution is -1.88. The van der Waals surface area contributed by atoms with Crippen molar-refractivity contribution >= 4 is 28.7 Å². The van der Waals surface area contributed by atoms with Crippen molar-refractivity contribution in [1.29, 1.82) is 5.26 Å². The fourth-order valence-electron chi connectivity index (χ4n) is 2.27. The maximum atomic E-state index is 10.7. The number of nitro benzene ring substituents is 1. The smallest absolute Gasteiger partial charge is 0.258 e. The van der Waals surface area contributed by atoms with Gasteiger partial charge in [-0.05, 0) is 41.5 Å². The summed E-state index contributed by atoms with van der Waals surface area (Å²) in [6.45, 7) is 0. The lowest BCUT2D eigenvalue weighted by atomic mass is 10.1. The van der Waals surface area contributed by atoms with Crippen molar-refractivity contribution in [1.82, 2.24) is 0 Å². The average molecular weight is 332 g/mol. The molecule has 2 aromatic carbocycles. The van der Waals surface area contributed by atoms with E-state index in [9.17, 15) is 15.4 Å². The van der Waals surface area contributed by atoms with Crippen LogP contribution in [0.4, 0.5) is 5.69 Å². The average Bonchev–Trinajstić information content (AvgIpc) is 3.09. The van der Waals surface area contributed by atoms with Crippen molar-refractivity contribution in [2.75, 3.05) is 0 Å². The molecule has 0 bridgehead atoms. The van der Waals surface area contributed by atoms with Crippen molar-refractivity contribution in [3.8, 4) is 16.5 Å². The van der Waals surface area contributed by atoms with Crippen molar-refractivity contribution in [2.45, 2.75) is 0 Å². The Kier molecular flexibility index (Phi) is 4.50. The molecule has 116 valence electrons. The first kappa shape index (κ1) is 15.7. The normalized spacial score (nSPS) is 11.0. The minimum Gasteiger partial charge on any atom is -0.258 e. The van der Waals surface area contributed by atoms with E-state index in [0.717, 1.165) is 15.3 Å². The first-order valence-corrected chi connectivity index (χ1v) is 8.01. The molecule has 0 radical (unpaired) electrons. The molecule has 0 N–H and O–H groups in total. The Hall–Kier alpha value is -3.23. The Bertz CT molecular complexity index is 936. The summed E-state index contributed by atoms with van der Waals surface area (Å²) in [5.74, 6) is 0. The molecule has 0 saturated carbocycles. The molecular formula is C19H12N2O2S. The number of nitriles is 1. The largest absolute Gasteiger partial charge is 0.269 e. The van der Waals surface area contributed by atoms with E-state index in [1.807, 2.05) is 42.5 Å². The van der Waals surface area contributed by atoms with Gasteiger partial charge in [0.25, 0.3) is 5.69 Å². The van der Waals surface area contributed by atoms with Crippen LogP contribution in [-0.4, -0.2) is 4.92 Å². The van der Waals surface area contributed by atoms with Crippen LogP contribution in [0.15, 0.2) is 66.7 Å². The molecule has 0 unspecified atom stereocenters. The second kappa shape index (κ2) is 6.90. The lowest BCUT2D eigenvalue weighted by molar-refractivity contribution is -0.384. The lowest BCUT2D eigenvalue weighted by Gasteiger charge is -1.98. The Labute approximate surface area is 143 Å². The summed E-state index contributed by atoms with van der Waals surface area (Å²) in [6, 6.07) is 22.2. The van der Waals surface area contributed by atoms with Crippen LogP contribution < -0.4 is 0 Å². The molecule has 0 atom stereocenters. The van der Waals surface area contributed by atoms with Crippen LogP contribution in [-0.2, 0) is 0 Å². The van der Waals surface area contributed by atoms with Gasteiger partial charge in [0.15, 0.2) is 0 Å². The molecule has 0 aliphatic rings. The number of rotatable bonds is 4. The van der Waals surface area contributed by atoms with Gasteiger partial charge in [-0.25, -0.2) is 0 Å². The quantitative estimate of drug-likeness (QED) is 0.365. The highest BCUT2D eigenvalue weighted by atomic mass is 32.1. The Morgan fingerprint density at radius 2 is 1.75 bits per heavy atom. The molecule has 3 aromatic rings. The minimum atomic E-state index is -0.453. The van der Waals surface area contributed by atoms with Gasteiger partial charge in [0.1, 0.15) is 0 Å². The number of thiophene rings is 1. The summed E-state index contributed by atoms with van der Waals surface area (Å²) in [4.78, 5) is 12.3. The fraction of sp³-hybridized carbons (Fsp3) is 0. The van der Waals surface area contributed by atoms with E-state index < -0.39 is 4.92 Å². The highest BCUT2D eigenvalue weighted by Crippen LogP contribution is 2.30. The summed E-state index contributed by atoms with van der Waals surface area (Å²) >= 11 is 1.60. The third-order valence-corrected chi connectivity index (χ3v) is 4.56. The zero-order chi connectivity index (χ0) is 16.9. The van der Waals surface area contributed by atoms with Gasteiger partial charge >= 0.3 is 0 Å². The molecule has 0 fully saturated rings. The van der Waals surface area contributed by atoms with Gasteiger partial charge in [-0.3, -0.25) is 10.1 Å². The fourth-order valence-corrected chi connectivity index (χ4v) is 3.23. The first-order chi connectivity index (χ1) is 11.7. The number of nitro groups is 1. The van der Waals surface area contributed by atoms with Crippen molar-refractivity contribution in [3.63, 3.8) is 0 Å². The second-order valence-corrected chi connectivity index (χ2v) is 6.16. The molecule has 3 rings (SSSR count). The molecule has 1 aromatic heterocycles. The van der Waals surface area contributed by atoms with Gasteiger partial charge in [0.2, 0.25) is 0 Å². The third-order valence-electron chi connectivity index (χ3n) is 3.48. The summed E-state index contributed by atoms with van der Waals surface area (Å²) in [6.07, 6.45) is 1.80. The first-order valence-electron chi connectivity index (χ1n) is 7.19. The zero-order valence-electron chi connectivity index (χ0n) is 12.5. The van der Waals surface area contributed by atoms with Crippen molar-refractivity contribution in [3.05, 3.63) is 87.3 Å². The van der Waals surface area contributed by atoms with Gasteiger partial charge in [-0.1, -0.05) is 30.3 Å². The number of non-ortho nitro benzene ring substituents is 1. The van der Waals surface area contributed by atoms with Crippen LogP contribution in [0.25, 0.3) is 22.1 Å². The summed E-state index contributed by atoms with van der Waals surface area (Å²) in [7, 11) is 0. The van der Waals surface area contributed by atoms with E-state index in [1.165, 1.54) is 12.1 Å². The van der Waals surface area contributed by atoms with Crippen LogP contribution in [0.5, 0.6) is 0 Å². The minimum absolute atomic E-state index is 0.0125. The van der Waals surface area contributed by atoms with Gasteiger partial charge in [0.05, 0.1) is 16.6 Å². The molecule has 0 amide bonds. The van der Waals surface area contributed by atoms with E-state index in [-0.39, 0.29) is 5.69 Å². The van der Waals surface area contributed by atoms with E-state index >= 15 is 0 Å². The van der Waals surface area contributed by atoms with Gasteiger partial charge in [0, 0.05) is 21.9 Å². The van der Waals surface area contributed by atoms with Crippen LogP contribution in [0, 0.1) is 21.4 Å². The van der Waals surface area contributed by atoms with E-state index in [1.54, 1.807) is 29.5 Å². The SMILES string of the molecule is N#C/C(=C\c1ccc(-c2ccccc2)s1)c1ccc([N+](=O)[O-])cc1. The molecule has 0 spiro atoms. The standard InChI is InChI=1S/C19H12N2O2S/c20-13-16(14-6-8-17(9-7-14)21(22)23)12-18-10-11-19(24-18)15-4-2-1-3-5-15/h1-12H/b16-12+. The maximum absolute atomic E-state index is 10.7. The van der Waals surface area contributed by atoms with Crippen LogP contribution in [0.3, 0.4) is 0 Å². The summed E-state index contributed by atoms with van der Waals surface area (Å²) in [5.41, 5.74) is 2.29. The van der Waals surface area contributed by atoms with E-state index in [0.29, 0.717) is 11.1 Å². The topological polar surface area (TPSA) is 66.9 Å². The molecule has 5 heteroatoms. The highest BCUT2D eigenvalue weighted by molar-refractivity contribution is 7.16. The predicted molar refractivity (Wildman–Crippen MR) is 96.3 cm³/mol. The molecule has 1 heterocycles. The second-order valence-electron chi connectivity index (χ2n) is 5.04. The van der Waals surface area contributed by atoms with Crippen molar-refractivity contribution < 1.29 is 4.92 Å². The number of hydrogen-bond donors (Lipinski definition) is 0. The van der Waals surface area contributed by atoms with Gasteiger partial charge in [-0.15, -0.1) is 11.3 Å². The van der Waals surface area contributed by atoms with Gasteiger partial charge in [-0.2, -0.15) is 5.26 Å². The molecule has 24 heavy (non-hydrogen) atoms. The van der Waals surface area contributed by atoms with Gasteiger partial charge < -0.3 is 0 Å². The molecule has 4 nitrogen and oxygen atoms in total. The Morgan fingerprint density at radius 1 is 1.04 bits per heavy atom. The molecular weight excluding hydrogens is 320 g/mol. The Balaban J connectivity index is 1.90. The number of hydrogen-bond acceptors (Lipinski definition) is 4. The Morgan fingerprint density at radius 3 is 2.38 bits per heavy atom. The number of allylic oxidation sites excluding steroid dienone is 1. The molecule has 0 saturated heterocycles. The molecule has 0 aliphatic heterocycles. The highest BCUT2D eigenvalue weighted by Gasteiger charge is 2.08. The summed E-state index contributed by atoms with van der Waals surface area (Å²) in [5, 5.41) is 20.1. The number of nitrogens with zero attached hydrogens (tertiary/aromatic N) is 2. The van der Waals surface area contributed by atoms with Crippen LogP contribution in [0.2, 0.25) is 0 Å². The monoisotopic (exact) mass is 332 g/mol. The summed E-state index contributed by atoms with van der Waals surface area (Å²) < 4.78 is 0. The predicted octanol–water partition coefficient (Wildman–Crippen LogP) is 5.39. The maximum Gasteiger partial charge on any atom is 0.269 e. The molecule has 0 aliphatic carbocycles. The van der Waals surface area contributed by atoms with Crippen LogP contribution in [0.1, 0.15) is 10.4 Å². The van der Waals surface area contributed by atoms with Crippen LogP contribution >= 0.6 is 11.3 Å². The number of benzene rings is 2. The third kappa shape index (κ3) is 3.40. The van der Waals surface area contributed by atoms with Crippen molar-refractivity contribution in [2.24, 2.45) is 0 Å².